The Balaban J connectivity index is 1.70. The molecule has 0 N–H and O–H groups in total. The second kappa shape index (κ2) is 6.78. The van der Waals surface area contributed by atoms with Crippen molar-refractivity contribution in [1.29, 1.82) is 0 Å². The van der Waals surface area contributed by atoms with E-state index in [0.29, 0.717) is 11.8 Å². The van der Waals surface area contributed by atoms with Crippen LogP contribution in [-0.4, -0.2) is 21.8 Å². The Morgan fingerprint density at radius 3 is 2.39 bits per heavy atom. The number of rotatable bonds is 5. The molecule has 0 aliphatic rings. The molecule has 2 heterocycles. The highest BCUT2D eigenvalue weighted by molar-refractivity contribution is 5.66. The molecule has 3 rings (SSSR count). The smallest absolute Gasteiger partial charge is 0.387 e. The maximum atomic E-state index is 12.1. The number of alkyl halides is 2. The van der Waals surface area contributed by atoms with Gasteiger partial charge in [-0.25, -0.2) is 0 Å². The van der Waals surface area contributed by atoms with Gasteiger partial charge in [-0.3, -0.25) is 4.98 Å². The van der Waals surface area contributed by atoms with Crippen LogP contribution in [-0.2, 0) is 0 Å². The highest BCUT2D eigenvalue weighted by Gasteiger charge is 2.06. The molecule has 1 aromatic carbocycles. The number of hydrogen-bond acceptors (Lipinski definition) is 5. The topological polar surface area (TPSA) is 61.0 Å². The highest BCUT2D eigenvalue weighted by Crippen LogP contribution is 2.19. The molecule has 0 amide bonds. The Hall–Kier alpha value is -3.09. The normalized spacial score (nSPS) is 11.3. The Labute approximate surface area is 130 Å². The van der Waals surface area contributed by atoms with E-state index in [1.54, 1.807) is 48.8 Å². The summed E-state index contributed by atoms with van der Waals surface area (Å²) in [5.74, 6) is 0.840. The number of hydrogen-bond donors (Lipinski definition) is 0. The van der Waals surface area contributed by atoms with Crippen molar-refractivity contribution in [3.8, 4) is 17.2 Å². The van der Waals surface area contributed by atoms with Crippen molar-refractivity contribution < 1.29 is 17.9 Å². The van der Waals surface area contributed by atoms with E-state index in [9.17, 15) is 8.78 Å². The van der Waals surface area contributed by atoms with E-state index >= 15 is 0 Å². The molecule has 5 nitrogen and oxygen atoms in total. The molecule has 0 bridgehead atoms. The van der Waals surface area contributed by atoms with Crippen LogP contribution in [0.2, 0.25) is 0 Å². The van der Waals surface area contributed by atoms with E-state index in [2.05, 4.69) is 19.9 Å². The average Bonchev–Trinajstić information content (AvgIpc) is 3.04. The van der Waals surface area contributed by atoms with Crippen molar-refractivity contribution in [3.63, 3.8) is 0 Å². The van der Waals surface area contributed by atoms with Gasteiger partial charge in [-0.05, 0) is 35.9 Å². The second-order valence-corrected chi connectivity index (χ2v) is 4.46. The third-order valence-electron chi connectivity index (χ3n) is 2.89. The summed E-state index contributed by atoms with van der Waals surface area (Å²) in [5.41, 5.74) is 1.57. The number of benzene rings is 1. The molecule has 0 unspecified atom stereocenters. The molecule has 0 fully saturated rings. The van der Waals surface area contributed by atoms with Gasteiger partial charge in [-0.15, -0.1) is 10.2 Å². The number of pyridine rings is 1. The van der Waals surface area contributed by atoms with Gasteiger partial charge in [0.1, 0.15) is 5.75 Å². The summed E-state index contributed by atoms with van der Waals surface area (Å²) < 4.78 is 33.9. The molecule has 2 aromatic heterocycles. The van der Waals surface area contributed by atoms with Gasteiger partial charge in [-0.1, -0.05) is 12.1 Å². The lowest BCUT2D eigenvalue weighted by atomic mass is 10.2. The van der Waals surface area contributed by atoms with Gasteiger partial charge in [0.25, 0.3) is 0 Å². The van der Waals surface area contributed by atoms with Crippen molar-refractivity contribution in [2.24, 2.45) is 0 Å². The summed E-state index contributed by atoms with van der Waals surface area (Å²) in [6, 6.07) is 9.75. The van der Waals surface area contributed by atoms with Crippen LogP contribution in [0.1, 0.15) is 11.5 Å². The van der Waals surface area contributed by atoms with Gasteiger partial charge < -0.3 is 9.15 Å². The predicted octanol–water partition coefficient (Wildman–Crippen LogP) is 3.90. The molecule has 3 aromatic rings. The maximum Gasteiger partial charge on any atom is 0.387 e. The standard InChI is InChI=1S/C16H11F2N3O2/c17-16(18)22-13-4-1-11(2-5-13)3-6-14-20-21-15(23-14)12-7-9-19-10-8-12/h1-10,16H/b6-3+. The third-order valence-corrected chi connectivity index (χ3v) is 2.89. The minimum Gasteiger partial charge on any atom is -0.435 e. The van der Waals surface area contributed by atoms with Gasteiger partial charge in [0.2, 0.25) is 11.8 Å². The molecule has 23 heavy (non-hydrogen) atoms. The van der Waals surface area contributed by atoms with Gasteiger partial charge in [0, 0.05) is 24.0 Å². The molecule has 0 spiro atoms. The van der Waals surface area contributed by atoms with Crippen molar-refractivity contribution in [1.82, 2.24) is 15.2 Å². The number of aromatic nitrogens is 3. The number of ether oxygens (including phenoxy) is 1. The molecule has 0 saturated carbocycles. The predicted molar refractivity (Wildman–Crippen MR) is 79.5 cm³/mol. The van der Waals surface area contributed by atoms with Crippen LogP contribution in [0.15, 0.2) is 53.2 Å². The number of halogens is 2. The Morgan fingerprint density at radius 2 is 1.70 bits per heavy atom. The zero-order valence-electron chi connectivity index (χ0n) is 11.8. The molecular formula is C16H11F2N3O2. The average molecular weight is 315 g/mol. The second-order valence-electron chi connectivity index (χ2n) is 4.46. The highest BCUT2D eigenvalue weighted by atomic mass is 19.3. The first-order valence-corrected chi connectivity index (χ1v) is 6.67. The summed E-state index contributed by atoms with van der Waals surface area (Å²) >= 11 is 0. The fourth-order valence-corrected chi connectivity index (χ4v) is 1.84. The van der Waals surface area contributed by atoms with Crippen LogP contribution in [0.4, 0.5) is 8.78 Å². The van der Waals surface area contributed by atoms with Crippen molar-refractivity contribution in [3.05, 3.63) is 60.2 Å². The largest absolute Gasteiger partial charge is 0.435 e. The van der Waals surface area contributed by atoms with Crippen LogP contribution in [0, 0.1) is 0 Å². The first kappa shape index (κ1) is 14.8. The molecule has 0 saturated heterocycles. The van der Waals surface area contributed by atoms with Gasteiger partial charge in [0.15, 0.2) is 0 Å². The van der Waals surface area contributed by atoms with E-state index < -0.39 is 6.61 Å². The first-order valence-electron chi connectivity index (χ1n) is 6.67. The summed E-state index contributed by atoms with van der Waals surface area (Å²) in [4.78, 5) is 3.92. The quantitative estimate of drug-likeness (QED) is 0.714. The van der Waals surface area contributed by atoms with Crippen molar-refractivity contribution in [2.75, 3.05) is 0 Å². The Kier molecular flexibility index (Phi) is 4.37. The van der Waals surface area contributed by atoms with Crippen LogP contribution in [0.3, 0.4) is 0 Å². The van der Waals surface area contributed by atoms with Crippen LogP contribution in [0.5, 0.6) is 5.75 Å². The van der Waals surface area contributed by atoms with Gasteiger partial charge >= 0.3 is 6.61 Å². The monoisotopic (exact) mass is 315 g/mol. The fraction of sp³-hybridized carbons (Fsp3) is 0.0625. The maximum absolute atomic E-state index is 12.1. The van der Waals surface area contributed by atoms with E-state index in [1.807, 2.05) is 0 Å². The van der Waals surface area contributed by atoms with E-state index in [-0.39, 0.29) is 5.75 Å². The van der Waals surface area contributed by atoms with E-state index in [1.165, 1.54) is 12.1 Å². The Morgan fingerprint density at radius 1 is 0.957 bits per heavy atom. The lowest BCUT2D eigenvalue weighted by Crippen LogP contribution is -2.01. The number of nitrogens with zero attached hydrogens (tertiary/aromatic N) is 3. The first-order chi connectivity index (χ1) is 11.2. The Bertz CT molecular complexity index is 787. The molecule has 7 heteroatoms. The minimum absolute atomic E-state index is 0.106. The molecular weight excluding hydrogens is 304 g/mol. The fourth-order valence-electron chi connectivity index (χ4n) is 1.84. The summed E-state index contributed by atoms with van der Waals surface area (Å²) in [6.07, 6.45) is 6.65. The summed E-state index contributed by atoms with van der Waals surface area (Å²) in [7, 11) is 0. The van der Waals surface area contributed by atoms with Crippen molar-refractivity contribution >= 4 is 12.2 Å². The van der Waals surface area contributed by atoms with Gasteiger partial charge in [0.05, 0.1) is 0 Å². The molecule has 0 atom stereocenters. The van der Waals surface area contributed by atoms with Crippen LogP contribution in [0.25, 0.3) is 23.6 Å². The molecule has 0 aliphatic heterocycles. The van der Waals surface area contributed by atoms with Crippen LogP contribution < -0.4 is 4.74 Å². The van der Waals surface area contributed by atoms with Crippen LogP contribution >= 0.6 is 0 Å². The minimum atomic E-state index is -2.83. The molecule has 116 valence electrons. The molecule has 0 radical (unpaired) electrons. The SMILES string of the molecule is FC(F)Oc1ccc(/C=C/c2nnc(-c3ccncc3)o2)cc1. The zero-order chi connectivity index (χ0) is 16.1. The van der Waals surface area contributed by atoms with Gasteiger partial charge in [-0.2, -0.15) is 8.78 Å². The lowest BCUT2D eigenvalue weighted by molar-refractivity contribution is -0.0498. The lowest BCUT2D eigenvalue weighted by Gasteiger charge is -2.03. The van der Waals surface area contributed by atoms with E-state index in [0.717, 1.165) is 11.1 Å². The van der Waals surface area contributed by atoms with E-state index in [4.69, 9.17) is 4.42 Å². The molecule has 0 aliphatic carbocycles. The zero-order valence-corrected chi connectivity index (χ0v) is 11.8. The third kappa shape index (κ3) is 3.97. The summed E-state index contributed by atoms with van der Waals surface area (Å²) in [6.45, 7) is -2.83. The van der Waals surface area contributed by atoms with Crippen molar-refractivity contribution in [2.45, 2.75) is 6.61 Å². The summed E-state index contributed by atoms with van der Waals surface area (Å²) in [5, 5.41) is 7.86.